The number of phenolic OH excluding ortho intramolecular Hbond substituents is 1. The quantitative estimate of drug-likeness (QED) is 0.169. The number of phenols is 1. The standard InChI is InChI=1S/C20H21N5O6S2/c1-24(2)30-31-33-11-5-6-12-18(7-11)32-20(21-12)23-22-13-8-16-14(9-15(13)26)25(3)10-17(29-16)19(27)28-4/h5-9,17,26H,10H2,1-4H3. The number of carbonyl (C=O) groups excluding carboxylic acids is 1. The lowest BCUT2D eigenvalue weighted by Gasteiger charge is -2.32. The molecule has 0 amide bonds. The SMILES string of the molecule is COC(=O)C1CN(C)c2cc(O)c(N=Nc3nc4ccc(SOON(C)C)cc4s3)cc2O1. The Kier molecular flexibility index (Phi) is 6.95. The van der Waals surface area contributed by atoms with Gasteiger partial charge in [0.1, 0.15) is 17.2 Å². The molecule has 0 aliphatic carbocycles. The van der Waals surface area contributed by atoms with E-state index in [2.05, 4.69) is 15.2 Å². The summed E-state index contributed by atoms with van der Waals surface area (Å²) in [6.45, 7) is 0.304. The van der Waals surface area contributed by atoms with E-state index in [0.717, 1.165) is 27.2 Å². The third-order valence-corrected chi connectivity index (χ3v) is 6.02. The number of carbonyl (C=O) groups is 1. The minimum Gasteiger partial charge on any atom is -0.506 e. The second-order valence-corrected chi connectivity index (χ2v) is 8.97. The van der Waals surface area contributed by atoms with Crippen LogP contribution in [0.4, 0.5) is 16.5 Å². The van der Waals surface area contributed by atoms with Gasteiger partial charge in [0.15, 0.2) is 0 Å². The molecule has 0 bridgehead atoms. The van der Waals surface area contributed by atoms with Gasteiger partial charge in [0.2, 0.25) is 11.2 Å². The van der Waals surface area contributed by atoms with Crippen molar-refractivity contribution in [3.05, 3.63) is 30.3 Å². The summed E-state index contributed by atoms with van der Waals surface area (Å²) in [4.78, 5) is 23.9. The molecule has 1 unspecified atom stereocenters. The second-order valence-electron chi connectivity index (χ2n) is 7.18. The molecule has 0 saturated heterocycles. The number of methoxy groups -OCH3 is 1. The zero-order valence-electron chi connectivity index (χ0n) is 18.2. The molecule has 11 nitrogen and oxygen atoms in total. The summed E-state index contributed by atoms with van der Waals surface area (Å²) in [6, 6.07) is 8.66. The molecular weight excluding hydrogens is 470 g/mol. The number of nitrogens with zero attached hydrogens (tertiary/aromatic N) is 5. The third kappa shape index (κ3) is 5.34. The lowest BCUT2D eigenvalue weighted by molar-refractivity contribution is -0.340. The molecule has 1 atom stereocenters. The van der Waals surface area contributed by atoms with E-state index in [0.29, 0.717) is 23.1 Å². The van der Waals surface area contributed by atoms with Crippen LogP contribution in [0.15, 0.2) is 45.5 Å². The summed E-state index contributed by atoms with van der Waals surface area (Å²) in [7, 11) is 6.53. The van der Waals surface area contributed by atoms with Crippen LogP contribution in [0, 0.1) is 0 Å². The molecule has 2 heterocycles. The Morgan fingerprint density at radius 1 is 1.33 bits per heavy atom. The summed E-state index contributed by atoms with van der Waals surface area (Å²) in [5.74, 6) is -0.145. The molecule has 1 aliphatic rings. The normalized spacial score (nSPS) is 15.8. The van der Waals surface area contributed by atoms with Gasteiger partial charge in [0, 0.05) is 38.2 Å². The van der Waals surface area contributed by atoms with Crippen molar-refractivity contribution in [2.24, 2.45) is 10.2 Å². The van der Waals surface area contributed by atoms with Crippen molar-refractivity contribution in [2.75, 3.05) is 39.7 Å². The molecular formula is C20H21N5O6S2. The smallest absolute Gasteiger partial charge is 0.348 e. The lowest BCUT2D eigenvalue weighted by Crippen LogP contribution is -2.43. The zero-order chi connectivity index (χ0) is 23.5. The number of ether oxygens (including phenoxy) is 2. The van der Waals surface area contributed by atoms with Gasteiger partial charge in [0.25, 0.3) is 0 Å². The second kappa shape index (κ2) is 9.89. The summed E-state index contributed by atoms with van der Waals surface area (Å²) in [5.41, 5.74) is 1.59. The van der Waals surface area contributed by atoms with E-state index in [1.807, 2.05) is 18.2 Å². The van der Waals surface area contributed by atoms with Gasteiger partial charge in [-0.3, -0.25) is 0 Å². The van der Waals surface area contributed by atoms with Crippen molar-refractivity contribution in [1.82, 2.24) is 10.0 Å². The van der Waals surface area contributed by atoms with Crippen LogP contribution in [-0.2, 0) is 18.9 Å². The molecule has 0 radical (unpaired) electrons. The number of benzene rings is 2. The zero-order valence-corrected chi connectivity index (χ0v) is 19.8. The van der Waals surface area contributed by atoms with E-state index in [9.17, 15) is 9.90 Å². The maximum Gasteiger partial charge on any atom is 0.348 e. The Morgan fingerprint density at radius 2 is 2.15 bits per heavy atom. The Balaban J connectivity index is 1.53. The molecule has 1 N–H and O–H groups in total. The Morgan fingerprint density at radius 3 is 2.91 bits per heavy atom. The summed E-state index contributed by atoms with van der Waals surface area (Å²) in [5, 5.41) is 20.6. The fraction of sp³-hybridized carbons (Fsp3) is 0.300. The first-order valence-corrected chi connectivity index (χ1v) is 11.2. The molecule has 3 aromatic rings. The molecule has 0 spiro atoms. The molecule has 0 fully saturated rings. The van der Waals surface area contributed by atoms with Crippen molar-refractivity contribution in [2.45, 2.75) is 11.0 Å². The highest BCUT2D eigenvalue weighted by Crippen LogP contribution is 2.42. The highest BCUT2D eigenvalue weighted by molar-refractivity contribution is 7.94. The van der Waals surface area contributed by atoms with Gasteiger partial charge < -0.3 is 19.5 Å². The predicted octanol–water partition coefficient (Wildman–Crippen LogP) is 4.22. The highest BCUT2D eigenvalue weighted by atomic mass is 32.2. The number of hydroxylamine groups is 2. The third-order valence-electron chi connectivity index (χ3n) is 4.54. The first-order chi connectivity index (χ1) is 15.8. The van der Waals surface area contributed by atoms with Crippen molar-refractivity contribution >= 4 is 56.1 Å². The number of azo groups is 1. The highest BCUT2D eigenvalue weighted by Gasteiger charge is 2.31. The summed E-state index contributed by atoms with van der Waals surface area (Å²) < 4.78 is 16.5. The molecule has 0 saturated carbocycles. The van der Waals surface area contributed by atoms with Crippen LogP contribution in [0.5, 0.6) is 11.5 Å². The fourth-order valence-corrected chi connectivity index (χ4v) is 4.43. The Hall–Kier alpha value is -2.97. The van der Waals surface area contributed by atoms with Crippen molar-refractivity contribution in [3.63, 3.8) is 0 Å². The van der Waals surface area contributed by atoms with Gasteiger partial charge in [-0.1, -0.05) is 11.3 Å². The first kappa shape index (κ1) is 23.2. The number of anilines is 1. The fourth-order valence-electron chi connectivity index (χ4n) is 3.01. The number of rotatable bonds is 7. The molecule has 2 aromatic carbocycles. The number of esters is 1. The number of fused-ring (bicyclic) bond motifs is 2. The van der Waals surface area contributed by atoms with E-state index in [1.165, 1.54) is 35.6 Å². The van der Waals surface area contributed by atoms with Gasteiger partial charge in [-0.25, -0.2) is 9.78 Å². The Bertz CT molecular complexity index is 1200. The van der Waals surface area contributed by atoms with E-state index >= 15 is 0 Å². The van der Waals surface area contributed by atoms with Crippen LogP contribution in [0.25, 0.3) is 10.2 Å². The van der Waals surface area contributed by atoms with Crippen molar-refractivity contribution in [1.29, 1.82) is 0 Å². The number of hydrogen-bond donors (Lipinski definition) is 1. The van der Waals surface area contributed by atoms with Crippen LogP contribution >= 0.6 is 23.4 Å². The number of hydrogen-bond acceptors (Lipinski definition) is 13. The van der Waals surface area contributed by atoms with E-state index in [4.69, 9.17) is 18.8 Å². The van der Waals surface area contributed by atoms with Crippen LogP contribution in [-0.4, -0.2) is 62.0 Å². The van der Waals surface area contributed by atoms with Gasteiger partial charge in [-0.2, -0.15) is 5.06 Å². The topological polar surface area (TPSA) is 118 Å². The maximum absolute atomic E-state index is 11.9. The minimum absolute atomic E-state index is 0.0673. The monoisotopic (exact) mass is 491 g/mol. The molecule has 4 rings (SSSR count). The van der Waals surface area contributed by atoms with Gasteiger partial charge in [0.05, 0.1) is 41.6 Å². The summed E-state index contributed by atoms with van der Waals surface area (Å²) in [6.07, 6.45) is -0.773. The summed E-state index contributed by atoms with van der Waals surface area (Å²) >= 11 is 2.42. The number of thiazole rings is 1. The van der Waals surface area contributed by atoms with Crippen LogP contribution in [0.2, 0.25) is 0 Å². The van der Waals surface area contributed by atoms with Gasteiger partial charge in [-0.05, 0) is 18.2 Å². The minimum atomic E-state index is -0.773. The Labute approximate surface area is 197 Å². The number of aromatic hydroxyl groups is 1. The first-order valence-electron chi connectivity index (χ1n) is 9.67. The van der Waals surface area contributed by atoms with Crippen molar-refractivity contribution in [3.8, 4) is 11.5 Å². The van der Waals surface area contributed by atoms with Gasteiger partial charge in [-0.15, -0.1) is 19.6 Å². The van der Waals surface area contributed by atoms with E-state index in [1.54, 1.807) is 26.0 Å². The van der Waals surface area contributed by atoms with Gasteiger partial charge >= 0.3 is 5.97 Å². The van der Waals surface area contributed by atoms with Crippen LogP contribution in [0.1, 0.15) is 0 Å². The largest absolute Gasteiger partial charge is 0.506 e. The molecule has 1 aromatic heterocycles. The predicted molar refractivity (Wildman–Crippen MR) is 123 cm³/mol. The molecule has 1 aliphatic heterocycles. The molecule has 13 heteroatoms. The van der Waals surface area contributed by atoms with Crippen LogP contribution < -0.4 is 9.64 Å². The number of aromatic nitrogens is 1. The molecule has 174 valence electrons. The van der Waals surface area contributed by atoms with Crippen molar-refractivity contribution < 1.29 is 28.7 Å². The van der Waals surface area contributed by atoms with Crippen LogP contribution in [0.3, 0.4) is 0 Å². The average Bonchev–Trinajstić information content (AvgIpc) is 3.19. The molecule has 33 heavy (non-hydrogen) atoms. The van der Waals surface area contributed by atoms with E-state index < -0.39 is 12.1 Å². The maximum atomic E-state index is 11.9. The lowest BCUT2D eigenvalue weighted by atomic mass is 10.1. The average molecular weight is 492 g/mol. The number of likely N-dealkylation sites (N-methyl/N-ethyl adjacent to an activating group) is 1. The van der Waals surface area contributed by atoms with E-state index in [-0.39, 0.29) is 11.4 Å².